The molecule has 5 heteroatoms. The number of rotatable bonds is 3. The van der Waals surface area contributed by atoms with Crippen molar-refractivity contribution in [1.82, 2.24) is 9.97 Å². The minimum atomic E-state index is -1.06. The summed E-state index contributed by atoms with van der Waals surface area (Å²) in [6.07, 6.45) is 3.63. The highest BCUT2D eigenvalue weighted by Gasteiger charge is 2.28. The molecule has 96 valence electrons. The van der Waals surface area contributed by atoms with E-state index in [0.29, 0.717) is 27.9 Å². The highest BCUT2D eigenvalue weighted by Crippen LogP contribution is 2.39. The first kappa shape index (κ1) is 12.1. The summed E-state index contributed by atoms with van der Waals surface area (Å²) >= 11 is 6.10. The third-order valence-electron chi connectivity index (χ3n) is 3.12. The largest absolute Gasteiger partial charge is 0.476 e. The average Bonchev–Trinajstić information content (AvgIpc) is 3.23. The van der Waals surface area contributed by atoms with Crippen LogP contribution < -0.4 is 0 Å². The van der Waals surface area contributed by atoms with E-state index in [-0.39, 0.29) is 5.69 Å². The molecule has 1 heterocycles. The summed E-state index contributed by atoms with van der Waals surface area (Å²) in [5, 5.41) is 9.80. The molecule has 1 saturated carbocycles. The number of carboxylic acid groups (broad SMARTS) is 1. The number of carboxylic acids is 1. The zero-order valence-corrected chi connectivity index (χ0v) is 10.8. The molecule has 0 bridgehead atoms. The first-order valence-corrected chi connectivity index (χ1v) is 6.39. The van der Waals surface area contributed by atoms with Crippen LogP contribution in [0.2, 0.25) is 5.02 Å². The van der Waals surface area contributed by atoms with Gasteiger partial charge in [-0.25, -0.2) is 14.8 Å². The Bertz CT molecular complexity index is 654. The molecule has 3 rings (SSSR count). The normalized spacial score (nSPS) is 14.4. The van der Waals surface area contributed by atoms with E-state index in [9.17, 15) is 9.90 Å². The van der Waals surface area contributed by atoms with Crippen molar-refractivity contribution >= 4 is 17.6 Å². The van der Waals surface area contributed by atoms with Gasteiger partial charge >= 0.3 is 5.97 Å². The summed E-state index contributed by atoms with van der Waals surface area (Å²) in [5.74, 6) is -0.120. The molecule has 1 fully saturated rings. The standard InChI is InChI=1S/C14H11ClN2O2/c15-11-4-2-1-3-9(11)10-7-16-13(8-5-6-8)17-12(10)14(18)19/h1-4,7-8H,5-6H2,(H,18,19). The number of carbonyl (C=O) groups is 1. The Morgan fingerprint density at radius 2 is 2.00 bits per heavy atom. The maximum absolute atomic E-state index is 11.4. The van der Waals surface area contributed by atoms with Crippen LogP contribution in [0.15, 0.2) is 30.5 Å². The maximum atomic E-state index is 11.4. The Kier molecular flexibility index (Phi) is 2.95. The summed E-state index contributed by atoms with van der Waals surface area (Å²) in [7, 11) is 0. The summed E-state index contributed by atoms with van der Waals surface area (Å²) in [4.78, 5) is 19.8. The van der Waals surface area contributed by atoms with Crippen molar-refractivity contribution in [3.05, 3.63) is 47.0 Å². The number of aromatic nitrogens is 2. The van der Waals surface area contributed by atoms with Crippen LogP contribution in [0, 0.1) is 0 Å². The highest BCUT2D eigenvalue weighted by molar-refractivity contribution is 6.33. The molecule has 4 nitrogen and oxygen atoms in total. The van der Waals surface area contributed by atoms with Crippen LogP contribution in [-0.4, -0.2) is 21.0 Å². The van der Waals surface area contributed by atoms with Crippen LogP contribution in [0.3, 0.4) is 0 Å². The van der Waals surface area contributed by atoms with Crippen LogP contribution in [0.5, 0.6) is 0 Å². The van der Waals surface area contributed by atoms with Crippen molar-refractivity contribution in [2.75, 3.05) is 0 Å². The van der Waals surface area contributed by atoms with Gasteiger partial charge in [-0.3, -0.25) is 0 Å². The van der Waals surface area contributed by atoms with Crippen LogP contribution >= 0.6 is 11.6 Å². The minimum Gasteiger partial charge on any atom is -0.476 e. The summed E-state index contributed by atoms with van der Waals surface area (Å²) in [5.41, 5.74) is 1.12. The van der Waals surface area contributed by atoms with E-state index < -0.39 is 5.97 Å². The van der Waals surface area contributed by atoms with Crippen molar-refractivity contribution in [3.63, 3.8) is 0 Å². The molecule has 0 spiro atoms. The van der Waals surface area contributed by atoms with Gasteiger partial charge in [0.15, 0.2) is 5.69 Å². The van der Waals surface area contributed by atoms with E-state index in [1.807, 2.05) is 6.07 Å². The second-order valence-corrected chi connectivity index (χ2v) is 4.96. The topological polar surface area (TPSA) is 63.1 Å². The van der Waals surface area contributed by atoms with Crippen molar-refractivity contribution in [2.45, 2.75) is 18.8 Å². The minimum absolute atomic E-state index is 0.0185. The van der Waals surface area contributed by atoms with Crippen molar-refractivity contribution < 1.29 is 9.90 Å². The van der Waals surface area contributed by atoms with E-state index in [1.165, 1.54) is 0 Å². The molecule has 2 aromatic rings. The monoisotopic (exact) mass is 274 g/mol. The molecule has 1 aliphatic carbocycles. The molecule has 1 aromatic carbocycles. The quantitative estimate of drug-likeness (QED) is 0.932. The van der Waals surface area contributed by atoms with Gasteiger partial charge in [0.1, 0.15) is 5.82 Å². The highest BCUT2D eigenvalue weighted by atomic mass is 35.5. The van der Waals surface area contributed by atoms with E-state index in [2.05, 4.69) is 9.97 Å². The second kappa shape index (κ2) is 4.63. The lowest BCUT2D eigenvalue weighted by Crippen LogP contribution is -2.07. The van der Waals surface area contributed by atoms with Crippen molar-refractivity contribution in [2.24, 2.45) is 0 Å². The van der Waals surface area contributed by atoms with Crippen LogP contribution in [0.1, 0.15) is 35.1 Å². The zero-order chi connectivity index (χ0) is 13.4. The number of hydrogen-bond donors (Lipinski definition) is 1. The van der Waals surface area contributed by atoms with Gasteiger partial charge in [0.05, 0.1) is 0 Å². The molecule has 0 aliphatic heterocycles. The van der Waals surface area contributed by atoms with Gasteiger partial charge < -0.3 is 5.11 Å². The Hall–Kier alpha value is -1.94. The first-order chi connectivity index (χ1) is 9.16. The lowest BCUT2D eigenvalue weighted by Gasteiger charge is -2.08. The Morgan fingerprint density at radius 1 is 1.26 bits per heavy atom. The third-order valence-corrected chi connectivity index (χ3v) is 3.45. The molecule has 0 atom stereocenters. The maximum Gasteiger partial charge on any atom is 0.355 e. The molecule has 19 heavy (non-hydrogen) atoms. The van der Waals surface area contributed by atoms with Crippen LogP contribution in [-0.2, 0) is 0 Å². The molecule has 0 radical (unpaired) electrons. The van der Waals surface area contributed by atoms with Gasteiger partial charge in [-0.05, 0) is 18.9 Å². The molecule has 1 aliphatic rings. The molecule has 0 unspecified atom stereocenters. The molecule has 1 N–H and O–H groups in total. The Morgan fingerprint density at radius 3 is 2.63 bits per heavy atom. The van der Waals surface area contributed by atoms with Gasteiger partial charge in [-0.1, -0.05) is 29.8 Å². The summed E-state index contributed by atoms with van der Waals surface area (Å²) in [6, 6.07) is 7.09. The number of nitrogens with zero attached hydrogens (tertiary/aromatic N) is 2. The fourth-order valence-electron chi connectivity index (χ4n) is 1.97. The summed E-state index contributed by atoms with van der Waals surface area (Å²) < 4.78 is 0. The van der Waals surface area contributed by atoms with Crippen LogP contribution in [0.25, 0.3) is 11.1 Å². The zero-order valence-electron chi connectivity index (χ0n) is 10.0. The second-order valence-electron chi connectivity index (χ2n) is 4.55. The van der Waals surface area contributed by atoms with Gasteiger partial charge in [0, 0.05) is 28.3 Å². The van der Waals surface area contributed by atoms with Crippen molar-refractivity contribution in [3.8, 4) is 11.1 Å². The lowest BCUT2D eigenvalue weighted by atomic mass is 10.1. The number of hydrogen-bond acceptors (Lipinski definition) is 3. The van der Waals surface area contributed by atoms with Crippen molar-refractivity contribution in [1.29, 1.82) is 0 Å². The van der Waals surface area contributed by atoms with E-state index >= 15 is 0 Å². The smallest absolute Gasteiger partial charge is 0.355 e. The third kappa shape index (κ3) is 2.31. The van der Waals surface area contributed by atoms with Gasteiger partial charge in [0.2, 0.25) is 0 Å². The molecular weight excluding hydrogens is 264 g/mol. The van der Waals surface area contributed by atoms with Gasteiger partial charge in [-0.2, -0.15) is 0 Å². The van der Waals surface area contributed by atoms with Gasteiger partial charge in [0.25, 0.3) is 0 Å². The number of aromatic carboxylic acids is 1. The van der Waals surface area contributed by atoms with Gasteiger partial charge in [-0.15, -0.1) is 0 Å². The fourth-order valence-corrected chi connectivity index (χ4v) is 2.21. The van der Waals surface area contributed by atoms with E-state index in [4.69, 9.17) is 11.6 Å². The predicted octanol–water partition coefficient (Wildman–Crippen LogP) is 3.37. The molecule has 0 amide bonds. The fraction of sp³-hybridized carbons (Fsp3) is 0.214. The van der Waals surface area contributed by atoms with Crippen LogP contribution in [0.4, 0.5) is 0 Å². The Labute approximate surface area is 115 Å². The molecule has 1 aromatic heterocycles. The lowest BCUT2D eigenvalue weighted by molar-refractivity contribution is 0.0691. The number of halogens is 1. The molecule has 0 saturated heterocycles. The summed E-state index contributed by atoms with van der Waals surface area (Å²) in [6.45, 7) is 0. The molecular formula is C14H11ClN2O2. The van der Waals surface area contributed by atoms with E-state index in [1.54, 1.807) is 24.4 Å². The Balaban J connectivity index is 2.15. The first-order valence-electron chi connectivity index (χ1n) is 6.02. The predicted molar refractivity (Wildman–Crippen MR) is 71.4 cm³/mol. The van der Waals surface area contributed by atoms with E-state index in [0.717, 1.165) is 12.8 Å². The SMILES string of the molecule is O=C(O)c1nc(C2CC2)ncc1-c1ccccc1Cl. The number of benzene rings is 1. The average molecular weight is 275 g/mol.